The third-order valence-corrected chi connectivity index (χ3v) is 3.38. The Labute approximate surface area is 372 Å². The molecule has 0 fully saturated rings. The lowest BCUT2D eigenvalue weighted by atomic mass is 10.3. The first-order valence-corrected chi connectivity index (χ1v) is 22.3. The summed E-state index contributed by atoms with van der Waals surface area (Å²) in [4.78, 5) is 21.1. The third-order valence-electron chi connectivity index (χ3n) is 3.38. The molecule has 6 rings (SSSR count). The summed E-state index contributed by atoms with van der Waals surface area (Å²) in [5.41, 5.74) is 3.12. The van der Waals surface area contributed by atoms with Crippen LogP contribution >= 0.6 is 0 Å². The van der Waals surface area contributed by atoms with Crippen LogP contribution in [0.1, 0.15) is 166 Å². The number of fused-ring (bicyclic) bond motifs is 2. The maximum Gasteiger partial charge on any atom is 0.180 e. The minimum atomic E-state index is 0.833. The van der Waals surface area contributed by atoms with Crippen LogP contribution in [0.3, 0.4) is 0 Å². The molecule has 6 aromatic rings. The van der Waals surface area contributed by atoms with Gasteiger partial charge in [-0.2, -0.15) is 0 Å². The van der Waals surface area contributed by atoms with Gasteiger partial charge in [-0.25, -0.2) is 19.9 Å². The summed E-state index contributed by atoms with van der Waals surface area (Å²) in [6.45, 7) is 52.0. The fraction of sp³-hybridized carbons (Fsp3) is 0.615. The van der Waals surface area contributed by atoms with Gasteiger partial charge in [0.15, 0.2) is 6.39 Å². The molecule has 0 bridgehead atoms. The SMILES string of the molecule is CC(C)C.CC(C)C.CC(C)C.CC(C)C.CC(C)C.CC(C)C.CC(C)C.CC(C)C.c1c[nH]cn1.c1ccc2[nH]cnc2c1.c1ccn2ccnc2c1.c1cocn1. The van der Waals surface area contributed by atoms with Gasteiger partial charge in [-0.3, -0.25) is 0 Å². The highest BCUT2D eigenvalue weighted by Crippen LogP contribution is 2.05. The Morgan fingerprint density at radius 1 is 0.450 bits per heavy atom. The number of H-pyrrole nitrogens is 2. The number of pyridine rings is 1. The number of para-hydroxylation sites is 2. The summed E-state index contributed by atoms with van der Waals surface area (Å²) < 4.78 is 6.44. The first-order valence-electron chi connectivity index (χ1n) is 22.3. The predicted molar refractivity (Wildman–Crippen MR) is 270 cm³/mol. The Morgan fingerprint density at radius 3 is 1.18 bits per heavy atom. The number of hydrogen-bond donors (Lipinski definition) is 2. The van der Waals surface area contributed by atoms with E-state index in [9.17, 15) is 0 Å². The average molecular weight is 838 g/mol. The van der Waals surface area contributed by atoms with Crippen LogP contribution in [0, 0.1) is 47.3 Å². The number of aromatic nitrogens is 7. The van der Waals surface area contributed by atoms with E-state index in [1.807, 2.05) is 59.3 Å². The van der Waals surface area contributed by atoms with Gasteiger partial charge in [-0.05, 0) is 71.6 Å². The van der Waals surface area contributed by atoms with Crippen molar-refractivity contribution in [3.63, 3.8) is 0 Å². The fourth-order valence-electron chi connectivity index (χ4n) is 2.13. The molecule has 0 spiro atoms. The predicted octanol–water partition coefficient (Wildman–Crippen LogP) is 17.3. The molecular formula is C52H99N7O. The fourth-order valence-corrected chi connectivity index (χ4v) is 2.13. The van der Waals surface area contributed by atoms with E-state index in [-0.39, 0.29) is 0 Å². The molecule has 8 heteroatoms. The van der Waals surface area contributed by atoms with Crippen molar-refractivity contribution in [2.45, 2.75) is 166 Å². The van der Waals surface area contributed by atoms with Gasteiger partial charge in [-0.15, -0.1) is 0 Å². The summed E-state index contributed by atoms with van der Waals surface area (Å²) in [5, 5.41) is 0. The molecule has 0 atom stereocenters. The van der Waals surface area contributed by atoms with Crippen LogP contribution in [-0.2, 0) is 0 Å². The Bertz CT molecular complexity index is 1230. The number of nitrogens with one attached hydrogen (secondary N) is 2. The molecule has 0 saturated carbocycles. The van der Waals surface area contributed by atoms with Crippen molar-refractivity contribution in [3.05, 3.63) is 105 Å². The second-order valence-electron chi connectivity index (χ2n) is 19.1. The zero-order valence-corrected chi connectivity index (χ0v) is 43.6. The second kappa shape index (κ2) is 50.9. The molecule has 0 radical (unpaired) electrons. The molecule has 0 unspecified atom stereocenters. The molecule has 8 nitrogen and oxygen atoms in total. The van der Waals surface area contributed by atoms with E-state index < -0.39 is 0 Å². The number of oxazole rings is 1. The van der Waals surface area contributed by atoms with E-state index in [2.05, 4.69) is 200 Å². The van der Waals surface area contributed by atoms with E-state index in [1.54, 1.807) is 37.4 Å². The molecule has 0 amide bonds. The van der Waals surface area contributed by atoms with Gasteiger partial charge in [0.25, 0.3) is 0 Å². The zero-order chi connectivity index (χ0) is 47.9. The van der Waals surface area contributed by atoms with Crippen molar-refractivity contribution in [1.82, 2.24) is 34.3 Å². The first-order chi connectivity index (χ1) is 27.8. The van der Waals surface area contributed by atoms with Gasteiger partial charge in [0.2, 0.25) is 0 Å². The summed E-state index contributed by atoms with van der Waals surface area (Å²) in [6, 6.07) is 13.9. The van der Waals surface area contributed by atoms with E-state index in [1.165, 1.54) is 12.7 Å². The number of aromatic amines is 2. The minimum Gasteiger partial charge on any atom is -0.452 e. The topological polar surface area (TPSA) is 101 Å². The van der Waals surface area contributed by atoms with E-state index in [0.29, 0.717) is 0 Å². The molecule has 348 valence electrons. The van der Waals surface area contributed by atoms with Crippen LogP contribution in [0.15, 0.2) is 109 Å². The van der Waals surface area contributed by atoms with Crippen molar-refractivity contribution in [2.24, 2.45) is 47.3 Å². The zero-order valence-electron chi connectivity index (χ0n) is 43.6. The van der Waals surface area contributed by atoms with Crippen molar-refractivity contribution in [3.8, 4) is 0 Å². The van der Waals surface area contributed by atoms with E-state index in [0.717, 1.165) is 64.0 Å². The molecule has 0 aliphatic rings. The van der Waals surface area contributed by atoms with Crippen LogP contribution in [-0.4, -0.2) is 34.3 Å². The van der Waals surface area contributed by atoms with Gasteiger partial charge in [-0.1, -0.05) is 184 Å². The number of benzene rings is 1. The number of imidazole rings is 3. The molecule has 0 aliphatic heterocycles. The van der Waals surface area contributed by atoms with E-state index in [4.69, 9.17) is 0 Å². The molecule has 0 saturated heterocycles. The highest BCUT2D eigenvalue weighted by Gasteiger charge is 1.88. The molecule has 5 heterocycles. The molecule has 2 N–H and O–H groups in total. The number of nitrogens with zero attached hydrogens (tertiary/aromatic N) is 5. The number of rotatable bonds is 0. The summed E-state index contributed by atoms with van der Waals surface area (Å²) in [7, 11) is 0. The normalized spacial score (nSPS) is 9.20. The van der Waals surface area contributed by atoms with Gasteiger partial charge in [0.05, 0.1) is 29.9 Å². The molecule has 5 aromatic heterocycles. The van der Waals surface area contributed by atoms with Crippen molar-refractivity contribution >= 4 is 16.7 Å². The lowest BCUT2D eigenvalue weighted by Crippen LogP contribution is -1.77. The summed E-state index contributed by atoms with van der Waals surface area (Å²) in [6.07, 6.45) is 16.9. The summed E-state index contributed by atoms with van der Waals surface area (Å²) >= 11 is 0. The van der Waals surface area contributed by atoms with Crippen LogP contribution in [0.5, 0.6) is 0 Å². The second-order valence-corrected chi connectivity index (χ2v) is 19.1. The van der Waals surface area contributed by atoms with Crippen LogP contribution in [0.25, 0.3) is 16.7 Å². The van der Waals surface area contributed by atoms with Crippen LogP contribution in [0.2, 0.25) is 0 Å². The van der Waals surface area contributed by atoms with E-state index >= 15 is 0 Å². The smallest absolute Gasteiger partial charge is 0.180 e. The molecule has 0 aliphatic carbocycles. The van der Waals surface area contributed by atoms with Gasteiger partial charge >= 0.3 is 0 Å². The van der Waals surface area contributed by atoms with Gasteiger partial charge < -0.3 is 18.8 Å². The third kappa shape index (κ3) is 94.7. The lowest BCUT2D eigenvalue weighted by molar-refractivity contribution is 0.558. The first kappa shape index (κ1) is 67.6. The maximum absolute atomic E-state index is 4.47. The largest absolute Gasteiger partial charge is 0.452 e. The van der Waals surface area contributed by atoms with Crippen molar-refractivity contribution in [2.75, 3.05) is 0 Å². The monoisotopic (exact) mass is 838 g/mol. The molecule has 1 aromatic carbocycles. The van der Waals surface area contributed by atoms with Crippen molar-refractivity contribution < 1.29 is 4.42 Å². The minimum absolute atomic E-state index is 0.833. The standard InChI is InChI=1S/2C7H6N2.8C4H10.C3H4N2.C3H3NO/c1-2-5-9-6-4-8-7(9)3-1;1-2-4-7-6(3-1)8-5-9-7;8*1-4(2)3;2*1-2-5-3-4-1/h1-6H;1-5H,(H,8,9);8*4H,1-3H3;1-3H,(H,4,5);1-3H. The maximum atomic E-state index is 4.47. The Morgan fingerprint density at radius 2 is 0.883 bits per heavy atom. The Kier molecular flexibility index (Phi) is 57.4. The summed E-state index contributed by atoms with van der Waals surface area (Å²) in [5.74, 6) is 6.67. The van der Waals surface area contributed by atoms with Crippen LogP contribution in [0.4, 0.5) is 0 Å². The Hall–Kier alpha value is -4.20. The average Bonchev–Trinajstić information content (AvgIpc) is 3.93. The Balaban J connectivity index is -0.000000135. The highest BCUT2D eigenvalue weighted by molar-refractivity contribution is 5.73. The molecular weight excluding hydrogens is 739 g/mol. The highest BCUT2D eigenvalue weighted by atomic mass is 16.3. The van der Waals surface area contributed by atoms with Gasteiger partial charge in [0, 0.05) is 31.0 Å². The van der Waals surface area contributed by atoms with Crippen molar-refractivity contribution in [1.29, 1.82) is 0 Å². The van der Waals surface area contributed by atoms with Gasteiger partial charge in [0.1, 0.15) is 11.9 Å². The molecule has 60 heavy (non-hydrogen) atoms. The van der Waals surface area contributed by atoms with Crippen LogP contribution < -0.4 is 0 Å². The number of hydrogen-bond acceptors (Lipinski definition) is 5. The lowest BCUT2D eigenvalue weighted by Gasteiger charge is -1.86. The quantitative estimate of drug-likeness (QED) is 0.159.